The van der Waals surface area contributed by atoms with Gasteiger partial charge in [0.2, 0.25) is 0 Å². The number of ketones is 1. The molecule has 0 aromatic heterocycles. The lowest BCUT2D eigenvalue weighted by atomic mass is 10.0. The van der Waals surface area contributed by atoms with E-state index in [0.717, 1.165) is 0 Å². The molecule has 0 heterocycles. The van der Waals surface area contributed by atoms with Crippen LogP contribution < -0.4 is 0 Å². The first kappa shape index (κ1) is 11.9. The summed E-state index contributed by atoms with van der Waals surface area (Å²) in [6.45, 7) is 3.59. The Balaban J connectivity index is 2.97. The maximum Gasteiger partial charge on any atom is 0.141 e. The molecule has 0 unspecified atom stereocenters. The van der Waals surface area contributed by atoms with E-state index in [-0.39, 0.29) is 34.6 Å². The molecule has 0 radical (unpaired) electrons. The standard InChI is InChI=1S/C11H13ClO3/c1-6(2)9(14)5-7-3-4-8(13)10(12)11(7)15/h3-4,6,13,15H,5H2,1-2H3. The summed E-state index contributed by atoms with van der Waals surface area (Å²) in [6.07, 6.45) is 0.128. The van der Waals surface area contributed by atoms with E-state index in [4.69, 9.17) is 11.6 Å². The van der Waals surface area contributed by atoms with E-state index in [9.17, 15) is 15.0 Å². The van der Waals surface area contributed by atoms with Crippen molar-refractivity contribution in [2.45, 2.75) is 20.3 Å². The Kier molecular flexibility index (Phi) is 3.58. The Morgan fingerprint density at radius 1 is 1.40 bits per heavy atom. The molecule has 0 aliphatic heterocycles. The molecule has 0 saturated heterocycles. The molecule has 1 aromatic rings. The van der Waals surface area contributed by atoms with Gasteiger partial charge in [0.05, 0.1) is 0 Å². The molecule has 0 atom stereocenters. The zero-order chi connectivity index (χ0) is 11.6. The number of hydrogen-bond donors (Lipinski definition) is 2. The minimum Gasteiger partial charge on any atom is -0.506 e. The minimum absolute atomic E-state index is 0.0204. The van der Waals surface area contributed by atoms with Gasteiger partial charge in [-0.15, -0.1) is 0 Å². The lowest BCUT2D eigenvalue weighted by Gasteiger charge is -2.08. The first-order valence-electron chi connectivity index (χ1n) is 4.65. The number of phenolic OH excluding ortho intramolecular Hbond substituents is 2. The van der Waals surface area contributed by atoms with E-state index in [2.05, 4.69) is 0 Å². The highest BCUT2D eigenvalue weighted by molar-refractivity contribution is 6.33. The normalized spacial score (nSPS) is 10.7. The van der Waals surface area contributed by atoms with Crippen LogP contribution in [-0.4, -0.2) is 16.0 Å². The zero-order valence-electron chi connectivity index (χ0n) is 8.62. The van der Waals surface area contributed by atoms with E-state index in [1.807, 2.05) is 0 Å². The molecule has 1 rings (SSSR count). The predicted octanol–water partition coefficient (Wildman–Crippen LogP) is 2.52. The quantitative estimate of drug-likeness (QED) is 0.836. The number of carbonyl (C=O) groups is 1. The third kappa shape index (κ3) is 2.63. The summed E-state index contributed by atoms with van der Waals surface area (Å²) in [5.74, 6) is -0.468. The van der Waals surface area contributed by atoms with Gasteiger partial charge in [0.25, 0.3) is 0 Å². The van der Waals surface area contributed by atoms with Gasteiger partial charge in [0.15, 0.2) is 0 Å². The molecule has 15 heavy (non-hydrogen) atoms. The van der Waals surface area contributed by atoms with Crippen LogP contribution in [-0.2, 0) is 11.2 Å². The summed E-state index contributed by atoms with van der Waals surface area (Å²) in [5.41, 5.74) is 0.441. The van der Waals surface area contributed by atoms with Gasteiger partial charge in [0, 0.05) is 17.9 Å². The van der Waals surface area contributed by atoms with Gasteiger partial charge in [-0.1, -0.05) is 31.5 Å². The fourth-order valence-corrected chi connectivity index (χ4v) is 1.31. The third-order valence-corrected chi connectivity index (χ3v) is 2.56. The van der Waals surface area contributed by atoms with Crippen molar-refractivity contribution >= 4 is 17.4 Å². The highest BCUT2D eigenvalue weighted by atomic mass is 35.5. The van der Waals surface area contributed by atoms with Crippen molar-refractivity contribution in [1.82, 2.24) is 0 Å². The van der Waals surface area contributed by atoms with Crippen LogP contribution >= 0.6 is 11.6 Å². The fraction of sp³-hybridized carbons (Fsp3) is 0.364. The Bertz CT molecular complexity index is 386. The molecule has 1 aromatic carbocycles. The number of phenols is 2. The van der Waals surface area contributed by atoms with Crippen LogP contribution in [0.15, 0.2) is 12.1 Å². The summed E-state index contributed by atoms with van der Waals surface area (Å²) < 4.78 is 0. The average molecular weight is 229 g/mol. The van der Waals surface area contributed by atoms with Crippen molar-refractivity contribution < 1.29 is 15.0 Å². The van der Waals surface area contributed by atoms with Crippen LogP contribution in [0.25, 0.3) is 0 Å². The van der Waals surface area contributed by atoms with E-state index in [0.29, 0.717) is 5.56 Å². The van der Waals surface area contributed by atoms with Gasteiger partial charge in [-0.05, 0) is 6.07 Å². The minimum atomic E-state index is -0.217. The van der Waals surface area contributed by atoms with Gasteiger partial charge in [-0.25, -0.2) is 0 Å². The summed E-state index contributed by atoms with van der Waals surface area (Å²) in [4.78, 5) is 11.4. The van der Waals surface area contributed by atoms with Gasteiger partial charge in [-0.2, -0.15) is 0 Å². The largest absolute Gasteiger partial charge is 0.506 e. The first-order chi connectivity index (χ1) is 6.93. The summed E-state index contributed by atoms with van der Waals surface area (Å²) >= 11 is 5.63. The second-order valence-electron chi connectivity index (χ2n) is 3.70. The second-order valence-corrected chi connectivity index (χ2v) is 4.08. The molecule has 0 fully saturated rings. The summed E-state index contributed by atoms with van der Waals surface area (Å²) in [7, 11) is 0. The maximum absolute atomic E-state index is 11.4. The molecule has 3 nitrogen and oxygen atoms in total. The monoisotopic (exact) mass is 228 g/mol. The lowest BCUT2D eigenvalue weighted by Crippen LogP contribution is -2.10. The molecule has 0 spiro atoms. The van der Waals surface area contributed by atoms with Crippen LogP contribution in [0.3, 0.4) is 0 Å². The molecule has 82 valence electrons. The number of carbonyl (C=O) groups excluding carboxylic acids is 1. The molecule has 2 N–H and O–H groups in total. The molecule has 0 aliphatic rings. The van der Waals surface area contributed by atoms with Gasteiger partial charge >= 0.3 is 0 Å². The topological polar surface area (TPSA) is 57.5 Å². The van der Waals surface area contributed by atoms with Crippen molar-refractivity contribution in [3.63, 3.8) is 0 Å². The third-order valence-electron chi connectivity index (χ3n) is 2.19. The Labute approximate surface area is 93.3 Å². The van der Waals surface area contributed by atoms with E-state index < -0.39 is 0 Å². The Hall–Kier alpha value is -1.22. The van der Waals surface area contributed by atoms with Gasteiger partial charge < -0.3 is 10.2 Å². The number of Topliss-reactive ketones (excluding diaryl/α,β-unsaturated/α-hetero) is 1. The molecule has 4 heteroatoms. The highest BCUT2D eigenvalue weighted by Gasteiger charge is 2.14. The first-order valence-corrected chi connectivity index (χ1v) is 5.03. The Morgan fingerprint density at radius 3 is 2.53 bits per heavy atom. The number of hydrogen-bond acceptors (Lipinski definition) is 3. The fourth-order valence-electron chi connectivity index (χ4n) is 1.13. The van der Waals surface area contributed by atoms with Crippen molar-refractivity contribution in [2.75, 3.05) is 0 Å². The smallest absolute Gasteiger partial charge is 0.141 e. The lowest BCUT2D eigenvalue weighted by molar-refractivity contribution is -0.121. The molecular formula is C11H13ClO3. The van der Waals surface area contributed by atoms with Crippen molar-refractivity contribution in [3.8, 4) is 11.5 Å². The molecule has 0 aliphatic carbocycles. The van der Waals surface area contributed by atoms with E-state index >= 15 is 0 Å². The summed E-state index contributed by atoms with van der Waals surface area (Å²) in [6, 6.07) is 2.86. The van der Waals surface area contributed by atoms with Gasteiger partial charge in [-0.3, -0.25) is 4.79 Å². The SMILES string of the molecule is CC(C)C(=O)Cc1ccc(O)c(Cl)c1O. The zero-order valence-corrected chi connectivity index (χ0v) is 9.38. The maximum atomic E-state index is 11.4. The van der Waals surface area contributed by atoms with E-state index in [1.54, 1.807) is 13.8 Å². The summed E-state index contributed by atoms with van der Waals surface area (Å²) in [5, 5.41) is 18.6. The van der Waals surface area contributed by atoms with Crippen molar-refractivity contribution in [3.05, 3.63) is 22.7 Å². The Morgan fingerprint density at radius 2 is 2.00 bits per heavy atom. The molecule has 0 bridgehead atoms. The van der Waals surface area contributed by atoms with Crippen molar-refractivity contribution in [2.24, 2.45) is 5.92 Å². The van der Waals surface area contributed by atoms with Crippen LogP contribution in [0.5, 0.6) is 11.5 Å². The predicted molar refractivity (Wildman–Crippen MR) is 58.3 cm³/mol. The van der Waals surface area contributed by atoms with Crippen molar-refractivity contribution in [1.29, 1.82) is 0 Å². The number of halogens is 1. The molecule has 0 amide bonds. The van der Waals surface area contributed by atoms with Crippen LogP contribution in [0.1, 0.15) is 19.4 Å². The highest BCUT2D eigenvalue weighted by Crippen LogP contribution is 2.35. The second kappa shape index (κ2) is 4.53. The van der Waals surface area contributed by atoms with Crippen LogP contribution in [0, 0.1) is 5.92 Å². The number of benzene rings is 1. The number of aromatic hydroxyl groups is 2. The van der Waals surface area contributed by atoms with Crippen LogP contribution in [0.4, 0.5) is 0 Å². The number of rotatable bonds is 3. The average Bonchev–Trinajstić information content (AvgIpc) is 2.18. The molecular weight excluding hydrogens is 216 g/mol. The van der Waals surface area contributed by atoms with E-state index in [1.165, 1.54) is 12.1 Å². The van der Waals surface area contributed by atoms with Crippen LogP contribution in [0.2, 0.25) is 5.02 Å². The van der Waals surface area contributed by atoms with Gasteiger partial charge in [0.1, 0.15) is 22.3 Å². The molecule has 0 saturated carbocycles.